The number of amides is 1. The molecular weight excluding hydrogens is 378 g/mol. The van der Waals surface area contributed by atoms with Gasteiger partial charge in [-0.1, -0.05) is 12.1 Å². The third-order valence-corrected chi connectivity index (χ3v) is 7.88. The molecule has 1 aromatic carbocycles. The van der Waals surface area contributed by atoms with Crippen molar-refractivity contribution < 1.29 is 9.90 Å². The lowest BCUT2D eigenvalue weighted by Crippen LogP contribution is -2.62. The Balaban J connectivity index is 1.46. The number of carbonyl (C=O) groups is 1. The molecule has 0 radical (unpaired) electrons. The summed E-state index contributed by atoms with van der Waals surface area (Å²) in [6.07, 6.45) is 5.92. The average Bonchev–Trinajstić information content (AvgIpc) is 2.70. The first-order valence-corrected chi connectivity index (χ1v) is 11.2. The number of aromatic hydroxyl groups is 1. The van der Waals surface area contributed by atoms with Gasteiger partial charge in [0.2, 0.25) is 0 Å². The van der Waals surface area contributed by atoms with Crippen LogP contribution in [0.1, 0.15) is 62.4 Å². The molecule has 30 heavy (non-hydrogen) atoms. The molecule has 2 atom stereocenters. The third kappa shape index (κ3) is 2.88. The van der Waals surface area contributed by atoms with Crippen molar-refractivity contribution in [2.45, 2.75) is 64.1 Å². The molecule has 4 aliphatic rings. The minimum Gasteiger partial charge on any atom is -0.506 e. The Hall–Kier alpha value is -2.34. The molecule has 2 saturated carbocycles. The summed E-state index contributed by atoms with van der Waals surface area (Å²) in [5.74, 6) is 0.0832. The van der Waals surface area contributed by atoms with Gasteiger partial charge in [0.05, 0.1) is 5.52 Å². The summed E-state index contributed by atoms with van der Waals surface area (Å²) in [4.78, 5) is 28.9. The molecule has 2 N–H and O–H groups in total. The summed E-state index contributed by atoms with van der Waals surface area (Å²) >= 11 is 0. The molecule has 6 nitrogen and oxygen atoms in total. The van der Waals surface area contributed by atoms with Crippen LogP contribution in [0.25, 0.3) is 10.9 Å². The maximum absolute atomic E-state index is 13.2. The van der Waals surface area contributed by atoms with Gasteiger partial charge in [-0.05, 0) is 76.5 Å². The number of hydrogen-bond donors (Lipinski definition) is 2. The summed E-state index contributed by atoms with van der Waals surface area (Å²) in [7, 11) is 2.24. The van der Waals surface area contributed by atoms with Crippen molar-refractivity contribution in [1.29, 1.82) is 0 Å². The highest BCUT2D eigenvalue weighted by Crippen LogP contribution is 2.55. The summed E-state index contributed by atoms with van der Waals surface area (Å²) < 4.78 is 1.60. The van der Waals surface area contributed by atoms with E-state index >= 15 is 0 Å². The first kappa shape index (κ1) is 19.6. The van der Waals surface area contributed by atoms with E-state index in [0.29, 0.717) is 29.5 Å². The van der Waals surface area contributed by atoms with Crippen LogP contribution in [-0.2, 0) is 0 Å². The number of carbonyl (C=O) groups excluding carboxylic acids is 1. The lowest BCUT2D eigenvalue weighted by Gasteiger charge is -2.61. The number of para-hydroxylation sites is 1. The van der Waals surface area contributed by atoms with E-state index in [1.165, 1.54) is 12.8 Å². The highest BCUT2D eigenvalue weighted by Gasteiger charge is 2.53. The zero-order valence-electron chi connectivity index (χ0n) is 18.0. The largest absolute Gasteiger partial charge is 0.506 e. The second-order valence-corrected chi connectivity index (χ2v) is 10.1. The lowest BCUT2D eigenvalue weighted by molar-refractivity contribution is -0.0941. The van der Waals surface area contributed by atoms with E-state index in [4.69, 9.17) is 0 Å². The second-order valence-electron chi connectivity index (χ2n) is 10.1. The summed E-state index contributed by atoms with van der Waals surface area (Å²) in [5, 5.41) is 14.4. The molecule has 6 heteroatoms. The van der Waals surface area contributed by atoms with Gasteiger partial charge in [0, 0.05) is 30.1 Å². The maximum Gasteiger partial charge on any atom is 0.267 e. The summed E-state index contributed by atoms with van der Waals surface area (Å²) in [5.41, 5.74) is 0.214. The third-order valence-electron chi connectivity index (χ3n) is 7.88. The van der Waals surface area contributed by atoms with E-state index in [1.807, 2.05) is 32.0 Å². The number of piperidine rings is 2. The SMILES string of the molecule is CC(C)n1c(=O)c(C(=O)NCC23CC4CC(C2)N(C)C(C4)C3)c(O)c2ccccc21. The van der Waals surface area contributed by atoms with Crippen LogP contribution in [0.3, 0.4) is 0 Å². The molecule has 1 amide bonds. The van der Waals surface area contributed by atoms with Gasteiger partial charge in [-0.15, -0.1) is 0 Å². The fourth-order valence-electron chi connectivity index (χ4n) is 6.62. The number of rotatable bonds is 4. The van der Waals surface area contributed by atoms with Crippen molar-refractivity contribution in [3.05, 3.63) is 40.2 Å². The van der Waals surface area contributed by atoms with E-state index in [1.54, 1.807) is 10.6 Å². The van der Waals surface area contributed by atoms with Crippen LogP contribution < -0.4 is 10.9 Å². The first-order valence-electron chi connectivity index (χ1n) is 11.2. The second kappa shape index (κ2) is 6.84. The van der Waals surface area contributed by atoms with E-state index in [9.17, 15) is 14.7 Å². The number of fused-ring (bicyclic) bond motifs is 1. The van der Waals surface area contributed by atoms with Crippen LogP contribution in [-0.4, -0.2) is 46.2 Å². The Morgan fingerprint density at radius 1 is 1.20 bits per heavy atom. The minimum absolute atomic E-state index is 0.117. The first-order chi connectivity index (χ1) is 14.3. The van der Waals surface area contributed by atoms with Gasteiger partial charge in [-0.25, -0.2) is 0 Å². The van der Waals surface area contributed by atoms with Gasteiger partial charge < -0.3 is 19.9 Å². The Morgan fingerprint density at radius 2 is 1.87 bits per heavy atom. The van der Waals surface area contributed by atoms with E-state index in [0.717, 1.165) is 25.2 Å². The van der Waals surface area contributed by atoms with Gasteiger partial charge in [-0.3, -0.25) is 9.59 Å². The predicted molar refractivity (Wildman–Crippen MR) is 117 cm³/mol. The number of aromatic nitrogens is 1. The Kier molecular flexibility index (Phi) is 4.47. The van der Waals surface area contributed by atoms with Crippen molar-refractivity contribution in [1.82, 2.24) is 14.8 Å². The molecule has 1 aromatic heterocycles. The van der Waals surface area contributed by atoms with Crippen molar-refractivity contribution in [2.75, 3.05) is 13.6 Å². The summed E-state index contributed by atoms with van der Waals surface area (Å²) in [6.45, 7) is 4.41. The van der Waals surface area contributed by atoms with Gasteiger partial charge >= 0.3 is 0 Å². The molecule has 0 spiro atoms. The summed E-state index contributed by atoms with van der Waals surface area (Å²) in [6, 6.07) is 8.32. The van der Waals surface area contributed by atoms with Gasteiger partial charge in [0.25, 0.3) is 11.5 Å². The van der Waals surface area contributed by atoms with E-state index < -0.39 is 11.5 Å². The monoisotopic (exact) mass is 409 g/mol. The normalized spacial score (nSPS) is 30.3. The van der Waals surface area contributed by atoms with Crippen molar-refractivity contribution >= 4 is 16.8 Å². The fraction of sp³-hybridized carbons (Fsp3) is 0.583. The molecule has 6 rings (SSSR count). The number of benzene rings is 1. The highest BCUT2D eigenvalue weighted by molar-refractivity contribution is 6.02. The van der Waals surface area contributed by atoms with Crippen LogP contribution in [0.2, 0.25) is 0 Å². The number of pyridine rings is 1. The van der Waals surface area contributed by atoms with Crippen LogP contribution >= 0.6 is 0 Å². The number of nitrogens with one attached hydrogen (secondary N) is 1. The average molecular weight is 410 g/mol. The Morgan fingerprint density at radius 3 is 2.53 bits per heavy atom. The van der Waals surface area contributed by atoms with E-state index in [2.05, 4.69) is 17.3 Å². The fourth-order valence-corrected chi connectivity index (χ4v) is 6.62. The Bertz CT molecular complexity index is 1060. The quantitative estimate of drug-likeness (QED) is 0.813. The minimum atomic E-state index is -0.457. The van der Waals surface area contributed by atoms with Gasteiger partial charge in [0.15, 0.2) is 0 Å². The molecule has 4 bridgehead atoms. The van der Waals surface area contributed by atoms with Crippen molar-refractivity contribution in [3.8, 4) is 5.75 Å². The topological polar surface area (TPSA) is 74.6 Å². The molecular formula is C24H31N3O3. The van der Waals surface area contributed by atoms with Gasteiger partial charge in [0.1, 0.15) is 11.3 Å². The van der Waals surface area contributed by atoms with Crippen LogP contribution in [0.15, 0.2) is 29.1 Å². The van der Waals surface area contributed by atoms with Crippen LogP contribution in [0, 0.1) is 11.3 Å². The van der Waals surface area contributed by atoms with Crippen LogP contribution in [0.4, 0.5) is 0 Å². The zero-order valence-corrected chi connectivity index (χ0v) is 18.0. The van der Waals surface area contributed by atoms with Crippen LogP contribution in [0.5, 0.6) is 5.75 Å². The van der Waals surface area contributed by atoms with Gasteiger partial charge in [-0.2, -0.15) is 0 Å². The molecule has 4 fully saturated rings. The molecule has 2 aliphatic heterocycles. The Labute approximate surface area is 176 Å². The van der Waals surface area contributed by atoms with E-state index in [-0.39, 0.29) is 22.8 Å². The molecule has 2 unspecified atom stereocenters. The zero-order chi connectivity index (χ0) is 21.2. The lowest BCUT2D eigenvalue weighted by atomic mass is 9.55. The van der Waals surface area contributed by atoms with Crippen molar-refractivity contribution in [2.24, 2.45) is 11.3 Å². The highest BCUT2D eigenvalue weighted by atomic mass is 16.3. The molecule has 3 heterocycles. The smallest absolute Gasteiger partial charge is 0.267 e. The number of hydrogen-bond acceptors (Lipinski definition) is 4. The molecule has 2 aliphatic carbocycles. The van der Waals surface area contributed by atoms with Crippen molar-refractivity contribution in [3.63, 3.8) is 0 Å². The molecule has 160 valence electrons. The standard InChI is InChI=1S/C24H31N3O3/c1-14(2)27-19-7-5-4-6-18(19)21(28)20(23(27)30)22(29)25-13-24-10-15-8-16(11-24)26(3)17(9-15)12-24/h4-7,14-17,28H,8-13H2,1-3H3,(H,25,29). The maximum atomic E-state index is 13.2. The molecule has 2 aromatic rings. The molecule has 2 saturated heterocycles. The number of nitrogens with zero attached hydrogens (tertiary/aromatic N) is 2. The predicted octanol–water partition coefficient (Wildman–Crippen LogP) is 3.28.